The highest BCUT2D eigenvalue weighted by Gasteiger charge is 2.73. The Balaban J connectivity index is 1.89. The van der Waals surface area contributed by atoms with Crippen molar-refractivity contribution in [2.24, 2.45) is 11.8 Å². The average molecular weight is 296 g/mol. The molecule has 3 rings (SSSR count). The number of ether oxygens (including phenoxy) is 1. The van der Waals surface area contributed by atoms with Gasteiger partial charge in [-0.15, -0.1) is 0 Å². The van der Waals surface area contributed by atoms with Crippen LogP contribution < -0.4 is 0 Å². The summed E-state index contributed by atoms with van der Waals surface area (Å²) in [6, 6.07) is 0. The smallest absolute Gasteiger partial charge is 0.312 e. The lowest BCUT2D eigenvalue weighted by atomic mass is 9.71. The number of esters is 1. The predicted molar refractivity (Wildman–Crippen MR) is 75.1 cm³/mol. The Bertz CT molecular complexity index is 480. The lowest BCUT2D eigenvalue weighted by molar-refractivity contribution is -0.380. The second kappa shape index (κ2) is 4.54. The predicted octanol–water partition coefficient (Wildman–Crippen LogP) is 2.13. The molecule has 1 spiro atoms. The summed E-state index contributed by atoms with van der Waals surface area (Å²) in [7, 11) is 0. The van der Waals surface area contributed by atoms with Crippen LogP contribution in [-0.4, -0.2) is 34.0 Å². The van der Waals surface area contributed by atoms with Crippen molar-refractivity contribution in [2.75, 3.05) is 0 Å². The highest BCUT2D eigenvalue weighted by molar-refractivity contribution is 5.78. The van der Waals surface area contributed by atoms with Crippen LogP contribution in [0.15, 0.2) is 12.2 Å². The third-order valence-electron chi connectivity index (χ3n) is 5.05. The maximum absolute atomic E-state index is 12.0. The van der Waals surface area contributed by atoms with E-state index < -0.39 is 22.7 Å². The molecule has 5 nitrogen and oxygen atoms in total. The maximum atomic E-state index is 12.0. The molecule has 2 aliphatic carbocycles. The van der Waals surface area contributed by atoms with E-state index in [-0.39, 0.29) is 18.0 Å². The summed E-state index contributed by atoms with van der Waals surface area (Å²) >= 11 is 0. The van der Waals surface area contributed by atoms with E-state index >= 15 is 0 Å². The van der Waals surface area contributed by atoms with Gasteiger partial charge in [-0.2, -0.15) is 0 Å². The molecule has 1 saturated carbocycles. The highest BCUT2D eigenvalue weighted by Crippen LogP contribution is 2.59. The molecule has 0 bridgehead atoms. The van der Waals surface area contributed by atoms with E-state index in [2.05, 4.69) is 6.08 Å². The molecule has 1 heterocycles. The molecule has 2 fully saturated rings. The fourth-order valence-electron chi connectivity index (χ4n) is 3.93. The number of hydrogen-bond acceptors (Lipinski definition) is 5. The molecule has 0 aromatic rings. The minimum absolute atomic E-state index is 0.0660. The van der Waals surface area contributed by atoms with Crippen molar-refractivity contribution < 1.29 is 24.4 Å². The molecule has 1 N–H and O–H groups in total. The Kier molecular flexibility index (Phi) is 3.24. The molecule has 0 amide bonds. The molecule has 0 radical (unpaired) electrons. The number of rotatable bonds is 2. The van der Waals surface area contributed by atoms with Crippen LogP contribution in [0.5, 0.6) is 0 Å². The molecule has 3 aliphatic rings. The Morgan fingerprint density at radius 1 is 1.38 bits per heavy atom. The van der Waals surface area contributed by atoms with Crippen molar-refractivity contribution in [1.29, 1.82) is 0 Å². The summed E-state index contributed by atoms with van der Waals surface area (Å²) in [5.74, 6) is -0.911. The van der Waals surface area contributed by atoms with E-state index in [0.717, 1.165) is 6.42 Å². The van der Waals surface area contributed by atoms with Gasteiger partial charge in [0.15, 0.2) is 5.60 Å². The van der Waals surface area contributed by atoms with Gasteiger partial charge in [0.1, 0.15) is 11.7 Å². The Hall–Kier alpha value is -0.910. The van der Waals surface area contributed by atoms with Gasteiger partial charge in [0.2, 0.25) is 0 Å². The van der Waals surface area contributed by atoms with Crippen molar-refractivity contribution in [3.63, 3.8) is 0 Å². The van der Waals surface area contributed by atoms with Crippen molar-refractivity contribution >= 4 is 5.97 Å². The largest absolute Gasteiger partial charge is 0.455 e. The van der Waals surface area contributed by atoms with Gasteiger partial charge < -0.3 is 9.84 Å². The van der Waals surface area contributed by atoms with E-state index in [1.54, 1.807) is 6.92 Å². The number of carbonyl (C=O) groups is 1. The fraction of sp³-hybridized carbons (Fsp3) is 0.812. The number of hydrogen-bond donors (Lipinski definition) is 1. The van der Waals surface area contributed by atoms with Crippen molar-refractivity contribution in [2.45, 2.75) is 69.9 Å². The summed E-state index contributed by atoms with van der Waals surface area (Å²) in [6.07, 6.45) is 5.41. The van der Waals surface area contributed by atoms with Crippen LogP contribution in [0.3, 0.4) is 0 Å². The van der Waals surface area contributed by atoms with Crippen LogP contribution in [0.1, 0.15) is 47.0 Å². The minimum Gasteiger partial charge on any atom is -0.455 e. The molecule has 0 aromatic carbocycles. The average Bonchev–Trinajstić information content (AvgIpc) is 2.74. The SMILES string of the molecule is CC1C(=O)O[C@]23CC=CC[C@@H]2[C@H](OOC(C)(C)C)C[C@]13O. The lowest BCUT2D eigenvalue weighted by Gasteiger charge is -2.40. The second-order valence-electron chi connectivity index (χ2n) is 7.51. The molecule has 1 saturated heterocycles. The van der Waals surface area contributed by atoms with Crippen LogP contribution in [0.25, 0.3) is 0 Å². The minimum atomic E-state index is -1.18. The molecule has 5 atom stereocenters. The molecule has 1 unspecified atom stereocenters. The highest BCUT2D eigenvalue weighted by atomic mass is 17.2. The second-order valence-corrected chi connectivity index (χ2v) is 7.51. The van der Waals surface area contributed by atoms with Gasteiger partial charge in [-0.05, 0) is 34.1 Å². The molecular formula is C16H24O5. The standard InChI is InChI=1S/C16H24O5/c1-10-13(17)19-16-8-6-5-7-11(16)12(9-15(10,16)18)20-21-14(2,3)4/h5-6,10-12,18H,7-9H2,1-4H3/t10?,11-,12-,15+,16-/m1/s1. The Morgan fingerprint density at radius 3 is 2.76 bits per heavy atom. The van der Waals surface area contributed by atoms with Crippen molar-refractivity contribution in [3.05, 3.63) is 12.2 Å². The van der Waals surface area contributed by atoms with Gasteiger partial charge >= 0.3 is 5.97 Å². The number of aliphatic hydroxyl groups is 1. The Labute approximate surface area is 125 Å². The maximum Gasteiger partial charge on any atom is 0.312 e. The third kappa shape index (κ3) is 2.05. The van der Waals surface area contributed by atoms with E-state index in [1.807, 2.05) is 26.8 Å². The first-order chi connectivity index (χ1) is 9.70. The zero-order valence-corrected chi connectivity index (χ0v) is 13.1. The van der Waals surface area contributed by atoms with Gasteiger partial charge in [0.05, 0.1) is 11.5 Å². The molecule has 1 aliphatic heterocycles. The first-order valence-electron chi connectivity index (χ1n) is 7.64. The van der Waals surface area contributed by atoms with E-state index in [1.165, 1.54) is 0 Å². The quantitative estimate of drug-likeness (QED) is 0.366. The van der Waals surface area contributed by atoms with Crippen molar-refractivity contribution in [1.82, 2.24) is 0 Å². The topological polar surface area (TPSA) is 65.0 Å². The van der Waals surface area contributed by atoms with Crippen LogP contribution in [-0.2, 0) is 19.3 Å². The number of carbonyl (C=O) groups excluding carboxylic acids is 1. The van der Waals surface area contributed by atoms with Gasteiger partial charge in [-0.1, -0.05) is 12.2 Å². The third-order valence-corrected chi connectivity index (χ3v) is 5.05. The zero-order chi connectivity index (χ0) is 15.5. The van der Waals surface area contributed by atoms with Gasteiger partial charge in [-0.3, -0.25) is 4.79 Å². The van der Waals surface area contributed by atoms with Crippen LogP contribution in [0, 0.1) is 11.8 Å². The fourth-order valence-corrected chi connectivity index (χ4v) is 3.93. The monoisotopic (exact) mass is 296 g/mol. The summed E-state index contributed by atoms with van der Waals surface area (Å²) in [5, 5.41) is 11.1. The first kappa shape index (κ1) is 15.0. The zero-order valence-electron chi connectivity index (χ0n) is 13.1. The summed E-state index contributed by atoms with van der Waals surface area (Å²) in [5.41, 5.74) is -2.45. The number of allylic oxidation sites excluding steroid dienone is 1. The molecule has 0 aromatic heterocycles. The first-order valence-corrected chi connectivity index (χ1v) is 7.64. The van der Waals surface area contributed by atoms with Gasteiger partial charge in [-0.25, -0.2) is 9.78 Å². The molecule has 118 valence electrons. The summed E-state index contributed by atoms with van der Waals surface area (Å²) in [6.45, 7) is 7.48. The molecule has 21 heavy (non-hydrogen) atoms. The molecular weight excluding hydrogens is 272 g/mol. The summed E-state index contributed by atoms with van der Waals surface area (Å²) in [4.78, 5) is 23.1. The lowest BCUT2D eigenvalue weighted by Crippen LogP contribution is -2.53. The van der Waals surface area contributed by atoms with Crippen LogP contribution in [0.4, 0.5) is 0 Å². The summed E-state index contributed by atoms with van der Waals surface area (Å²) < 4.78 is 5.68. The van der Waals surface area contributed by atoms with E-state index in [4.69, 9.17) is 14.5 Å². The van der Waals surface area contributed by atoms with Crippen molar-refractivity contribution in [3.8, 4) is 0 Å². The van der Waals surface area contributed by atoms with Gasteiger partial charge in [0, 0.05) is 18.8 Å². The van der Waals surface area contributed by atoms with Crippen LogP contribution in [0.2, 0.25) is 0 Å². The van der Waals surface area contributed by atoms with Gasteiger partial charge in [0.25, 0.3) is 0 Å². The normalized spacial score (nSPS) is 45.4. The van der Waals surface area contributed by atoms with E-state index in [0.29, 0.717) is 12.8 Å². The van der Waals surface area contributed by atoms with E-state index in [9.17, 15) is 9.90 Å². The molecule has 5 heteroatoms. The Morgan fingerprint density at radius 2 is 2.10 bits per heavy atom. The van der Waals surface area contributed by atoms with Crippen LogP contribution >= 0.6 is 0 Å².